The number of aliphatic hydroxyl groups is 1. The predicted molar refractivity (Wildman–Crippen MR) is 115 cm³/mol. The summed E-state index contributed by atoms with van der Waals surface area (Å²) in [5.41, 5.74) is 0.637. The van der Waals surface area contributed by atoms with Crippen LogP contribution in [0.2, 0.25) is 5.02 Å². The number of halogens is 2. The third-order valence-electron chi connectivity index (χ3n) is 7.02. The van der Waals surface area contributed by atoms with E-state index in [4.69, 9.17) is 16.3 Å². The summed E-state index contributed by atoms with van der Waals surface area (Å²) in [4.78, 5) is 4.57. The number of hydrogen-bond acceptors (Lipinski definition) is 3. The molecule has 1 aromatic heterocycles. The van der Waals surface area contributed by atoms with Crippen molar-refractivity contribution in [3.63, 3.8) is 0 Å². The van der Waals surface area contributed by atoms with Gasteiger partial charge in [-0.25, -0.2) is 0 Å². The number of rotatable bonds is 2. The number of ether oxygens (including phenoxy) is 1. The van der Waals surface area contributed by atoms with Gasteiger partial charge >= 0.3 is 0 Å². The minimum absolute atomic E-state index is 0.0161. The molecule has 1 N–H and O–H groups in total. The Balaban J connectivity index is 1.66. The first-order valence-electron chi connectivity index (χ1n) is 9.87. The van der Waals surface area contributed by atoms with E-state index in [1.165, 1.54) is 5.56 Å². The molecule has 0 amide bonds. The SMILES string of the molecule is O[C@@]12CC3(CC3)[C@H](c3ccccc3)[C@]1(c1ccc(Br)cc1)Oc1cc(Cl)cnc12. The van der Waals surface area contributed by atoms with Crippen LogP contribution in [0.3, 0.4) is 0 Å². The van der Waals surface area contributed by atoms with Gasteiger partial charge in [0.2, 0.25) is 0 Å². The van der Waals surface area contributed by atoms with E-state index in [9.17, 15) is 5.11 Å². The Morgan fingerprint density at radius 1 is 1.07 bits per heavy atom. The van der Waals surface area contributed by atoms with Crippen molar-refractivity contribution in [3.8, 4) is 5.75 Å². The van der Waals surface area contributed by atoms with Crippen molar-refractivity contribution in [2.75, 3.05) is 0 Å². The summed E-state index contributed by atoms with van der Waals surface area (Å²) in [5, 5.41) is 12.8. The molecule has 0 unspecified atom stereocenters. The average molecular weight is 469 g/mol. The maximum Gasteiger partial charge on any atom is 0.176 e. The molecule has 3 nitrogen and oxygen atoms in total. The first-order valence-corrected chi connectivity index (χ1v) is 11.0. The lowest BCUT2D eigenvalue weighted by Gasteiger charge is -2.40. The van der Waals surface area contributed by atoms with Gasteiger partial charge in [-0.2, -0.15) is 0 Å². The van der Waals surface area contributed by atoms with E-state index in [2.05, 4.69) is 57.3 Å². The fourth-order valence-corrected chi connectivity index (χ4v) is 6.23. The smallest absolute Gasteiger partial charge is 0.176 e. The highest BCUT2D eigenvalue weighted by molar-refractivity contribution is 9.10. The second-order valence-corrected chi connectivity index (χ2v) is 9.94. The van der Waals surface area contributed by atoms with Gasteiger partial charge in [0.25, 0.3) is 0 Å². The molecule has 0 saturated heterocycles. The van der Waals surface area contributed by atoms with Gasteiger partial charge in [-0.05, 0) is 47.9 Å². The maximum absolute atomic E-state index is 12.3. The molecule has 2 aromatic carbocycles. The lowest BCUT2D eigenvalue weighted by Crippen LogP contribution is -2.48. The normalized spacial score (nSPS) is 30.7. The Hall–Kier alpha value is -1.88. The van der Waals surface area contributed by atoms with Crippen LogP contribution in [0.4, 0.5) is 0 Å². The molecule has 3 atom stereocenters. The summed E-state index contributed by atoms with van der Waals surface area (Å²) >= 11 is 9.77. The van der Waals surface area contributed by atoms with Crippen LogP contribution >= 0.6 is 27.5 Å². The standard InChI is InChI=1S/C24H19BrClNO2/c25-17-8-6-16(7-9-17)24-20(15-4-2-1-3-5-15)22(10-11-22)14-23(24,28)21-19(29-24)12-18(26)13-27-21/h1-9,12-13,20,28H,10-11,14H2/t20-,23+,24-/m0/s1. The van der Waals surface area contributed by atoms with Crippen molar-refractivity contribution in [1.82, 2.24) is 4.98 Å². The minimum Gasteiger partial charge on any atom is -0.476 e. The molecular formula is C24H19BrClNO2. The lowest BCUT2D eigenvalue weighted by molar-refractivity contribution is -0.107. The van der Waals surface area contributed by atoms with Crippen molar-refractivity contribution in [2.45, 2.75) is 36.4 Å². The highest BCUT2D eigenvalue weighted by atomic mass is 79.9. The molecule has 0 bridgehead atoms. The number of fused-ring (bicyclic) bond motifs is 3. The monoisotopic (exact) mass is 467 g/mol. The van der Waals surface area contributed by atoms with Crippen molar-refractivity contribution < 1.29 is 9.84 Å². The summed E-state index contributed by atoms with van der Waals surface area (Å²) in [5.74, 6) is 0.606. The molecule has 29 heavy (non-hydrogen) atoms. The highest BCUT2D eigenvalue weighted by Gasteiger charge is 2.79. The van der Waals surface area contributed by atoms with Crippen LogP contribution in [-0.2, 0) is 11.2 Å². The van der Waals surface area contributed by atoms with E-state index in [1.54, 1.807) is 12.3 Å². The van der Waals surface area contributed by atoms with E-state index in [0.717, 1.165) is 22.9 Å². The quantitative estimate of drug-likeness (QED) is 0.506. The molecule has 3 aromatic rings. The van der Waals surface area contributed by atoms with Gasteiger partial charge in [0.1, 0.15) is 11.4 Å². The van der Waals surface area contributed by atoms with Crippen LogP contribution in [0.1, 0.15) is 42.0 Å². The molecule has 2 aliphatic carbocycles. The van der Waals surface area contributed by atoms with Crippen molar-refractivity contribution >= 4 is 27.5 Å². The molecule has 1 aliphatic heterocycles. The molecule has 3 aliphatic rings. The number of nitrogens with zero attached hydrogens (tertiary/aromatic N) is 1. The maximum atomic E-state index is 12.3. The number of aromatic nitrogens is 1. The van der Waals surface area contributed by atoms with Gasteiger partial charge < -0.3 is 9.84 Å². The second-order valence-electron chi connectivity index (χ2n) is 8.59. The Morgan fingerprint density at radius 3 is 2.48 bits per heavy atom. The Kier molecular flexibility index (Phi) is 3.61. The van der Waals surface area contributed by atoms with Crippen molar-refractivity contribution in [2.24, 2.45) is 5.41 Å². The molecule has 6 rings (SSSR count). The van der Waals surface area contributed by atoms with Gasteiger partial charge in [0, 0.05) is 22.7 Å². The zero-order valence-corrected chi connectivity index (χ0v) is 18.0. The van der Waals surface area contributed by atoms with Gasteiger partial charge in [0.15, 0.2) is 11.2 Å². The first kappa shape index (κ1) is 17.9. The van der Waals surface area contributed by atoms with Crippen LogP contribution in [0.25, 0.3) is 0 Å². The highest BCUT2D eigenvalue weighted by Crippen LogP contribution is 2.78. The van der Waals surface area contributed by atoms with Gasteiger partial charge in [0.05, 0.1) is 5.02 Å². The van der Waals surface area contributed by atoms with Crippen LogP contribution in [0.15, 0.2) is 71.3 Å². The van der Waals surface area contributed by atoms with E-state index in [1.807, 2.05) is 18.2 Å². The molecule has 2 heterocycles. The third kappa shape index (κ3) is 2.25. The van der Waals surface area contributed by atoms with Crippen LogP contribution in [0.5, 0.6) is 5.75 Å². The zero-order valence-electron chi connectivity index (χ0n) is 15.6. The predicted octanol–water partition coefficient (Wildman–Crippen LogP) is 5.94. The minimum atomic E-state index is -1.21. The fraction of sp³-hybridized carbons (Fsp3) is 0.292. The summed E-state index contributed by atoms with van der Waals surface area (Å²) in [7, 11) is 0. The second kappa shape index (κ2) is 5.84. The van der Waals surface area contributed by atoms with Crippen LogP contribution < -0.4 is 4.74 Å². The Morgan fingerprint density at radius 2 is 1.79 bits per heavy atom. The van der Waals surface area contributed by atoms with Gasteiger partial charge in [-0.15, -0.1) is 0 Å². The molecule has 2 fully saturated rings. The lowest BCUT2D eigenvalue weighted by atomic mass is 9.71. The van der Waals surface area contributed by atoms with Crippen LogP contribution in [0, 0.1) is 5.41 Å². The average Bonchev–Trinajstić information content (AvgIpc) is 3.37. The number of benzene rings is 2. The third-order valence-corrected chi connectivity index (χ3v) is 7.76. The van der Waals surface area contributed by atoms with Crippen molar-refractivity contribution in [3.05, 3.63) is 93.2 Å². The zero-order chi connectivity index (χ0) is 19.9. The molecule has 2 saturated carbocycles. The molecular weight excluding hydrogens is 450 g/mol. The number of pyridine rings is 1. The topological polar surface area (TPSA) is 42.4 Å². The largest absolute Gasteiger partial charge is 0.476 e. The fourth-order valence-electron chi connectivity index (χ4n) is 5.82. The summed E-state index contributed by atoms with van der Waals surface area (Å²) < 4.78 is 7.75. The van der Waals surface area contributed by atoms with E-state index < -0.39 is 11.2 Å². The Bertz CT molecular complexity index is 1120. The molecule has 0 radical (unpaired) electrons. The summed E-state index contributed by atoms with van der Waals surface area (Å²) in [6.45, 7) is 0. The van der Waals surface area contributed by atoms with E-state index >= 15 is 0 Å². The summed E-state index contributed by atoms with van der Waals surface area (Å²) in [6.07, 6.45) is 4.41. The number of hydrogen-bond donors (Lipinski definition) is 1. The summed E-state index contributed by atoms with van der Waals surface area (Å²) in [6, 6.07) is 20.4. The van der Waals surface area contributed by atoms with Crippen LogP contribution in [-0.4, -0.2) is 10.1 Å². The van der Waals surface area contributed by atoms with Gasteiger partial charge in [-0.3, -0.25) is 4.98 Å². The van der Waals surface area contributed by atoms with E-state index in [-0.39, 0.29) is 11.3 Å². The molecule has 5 heteroatoms. The van der Waals surface area contributed by atoms with E-state index in [0.29, 0.717) is 22.9 Å². The van der Waals surface area contributed by atoms with Crippen molar-refractivity contribution in [1.29, 1.82) is 0 Å². The first-order chi connectivity index (χ1) is 14.0. The van der Waals surface area contributed by atoms with Gasteiger partial charge in [-0.1, -0.05) is 70.0 Å². The molecule has 146 valence electrons. The Labute approximate surface area is 182 Å². The molecule has 1 spiro atoms.